The van der Waals surface area contributed by atoms with E-state index in [0.717, 1.165) is 22.3 Å². The summed E-state index contributed by atoms with van der Waals surface area (Å²) < 4.78 is 5.79. The van der Waals surface area contributed by atoms with Crippen LogP contribution in [0.15, 0.2) is 71.3 Å². The zero-order valence-electron chi connectivity index (χ0n) is 12.7. The highest BCUT2D eigenvalue weighted by Gasteiger charge is 2.08. The van der Waals surface area contributed by atoms with Crippen molar-refractivity contribution in [2.45, 2.75) is 6.42 Å². The standard InChI is InChI=1S/C19H15NO4/c21-18(22)6-3-11-20-19(23)14-9-7-13(8-10-14)17-12-15-4-1-2-5-16(15)24-17/h1-5,7-12H,6H2,(H,20,23)(H,21,22). The Morgan fingerprint density at radius 2 is 1.83 bits per heavy atom. The van der Waals surface area contributed by atoms with E-state index < -0.39 is 5.97 Å². The van der Waals surface area contributed by atoms with Crippen LogP contribution in [0.5, 0.6) is 0 Å². The van der Waals surface area contributed by atoms with E-state index in [2.05, 4.69) is 5.32 Å². The second kappa shape index (κ2) is 6.83. The second-order valence-electron chi connectivity index (χ2n) is 5.20. The highest BCUT2D eigenvalue weighted by Crippen LogP contribution is 2.27. The fraction of sp³-hybridized carbons (Fsp3) is 0.0526. The molecule has 1 heterocycles. The minimum absolute atomic E-state index is 0.134. The zero-order valence-corrected chi connectivity index (χ0v) is 12.7. The number of aliphatic carboxylic acids is 1. The maximum absolute atomic E-state index is 11.9. The first-order valence-corrected chi connectivity index (χ1v) is 7.40. The van der Waals surface area contributed by atoms with Crippen LogP contribution in [0.25, 0.3) is 22.3 Å². The zero-order chi connectivity index (χ0) is 16.9. The number of benzene rings is 2. The number of carbonyl (C=O) groups is 2. The molecule has 0 spiro atoms. The van der Waals surface area contributed by atoms with E-state index in [1.165, 1.54) is 12.3 Å². The largest absolute Gasteiger partial charge is 0.481 e. The average molecular weight is 321 g/mol. The number of hydrogen-bond donors (Lipinski definition) is 2. The second-order valence-corrected chi connectivity index (χ2v) is 5.20. The van der Waals surface area contributed by atoms with Gasteiger partial charge in [-0.25, -0.2) is 0 Å². The number of fused-ring (bicyclic) bond motifs is 1. The first-order chi connectivity index (χ1) is 11.6. The molecule has 0 saturated heterocycles. The number of amides is 1. The van der Waals surface area contributed by atoms with Crippen molar-refractivity contribution in [3.63, 3.8) is 0 Å². The Morgan fingerprint density at radius 3 is 2.54 bits per heavy atom. The first kappa shape index (κ1) is 15.6. The summed E-state index contributed by atoms with van der Waals surface area (Å²) >= 11 is 0. The fourth-order valence-corrected chi connectivity index (χ4v) is 2.29. The number of carboxylic acids is 1. The van der Waals surface area contributed by atoms with Gasteiger partial charge in [-0.1, -0.05) is 36.4 Å². The molecule has 5 nitrogen and oxygen atoms in total. The molecule has 2 aromatic carbocycles. The van der Waals surface area contributed by atoms with Crippen LogP contribution in [0.2, 0.25) is 0 Å². The van der Waals surface area contributed by atoms with E-state index in [0.29, 0.717) is 5.56 Å². The van der Waals surface area contributed by atoms with Crippen molar-refractivity contribution in [2.75, 3.05) is 0 Å². The summed E-state index contributed by atoms with van der Waals surface area (Å²) in [6.07, 6.45) is 2.58. The number of rotatable bonds is 5. The lowest BCUT2D eigenvalue weighted by atomic mass is 10.1. The third-order valence-electron chi connectivity index (χ3n) is 3.48. The molecule has 0 aliphatic heterocycles. The Hall–Kier alpha value is -3.34. The van der Waals surface area contributed by atoms with Gasteiger partial charge in [0.25, 0.3) is 5.91 Å². The van der Waals surface area contributed by atoms with Crippen LogP contribution in [0, 0.1) is 0 Å². The van der Waals surface area contributed by atoms with Crippen molar-refractivity contribution in [3.05, 3.63) is 72.4 Å². The van der Waals surface area contributed by atoms with Gasteiger partial charge in [0.1, 0.15) is 11.3 Å². The lowest BCUT2D eigenvalue weighted by Crippen LogP contribution is -2.16. The SMILES string of the molecule is O=C(O)CC=CNC(=O)c1ccc(-c2cc3ccccc3o2)cc1. The molecule has 0 bridgehead atoms. The Labute approximate surface area is 138 Å². The highest BCUT2D eigenvalue weighted by atomic mass is 16.4. The van der Waals surface area contributed by atoms with Crippen molar-refractivity contribution in [2.24, 2.45) is 0 Å². The molecule has 1 aromatic heterocycles. The molecule has 24 heavy (non-hydrogen) atoms. The molecular formula is C19H15NO4. The lowest BCUT2D eigenvalue weighted by molar-refractivity contribution is -0.136. The number of carbonyl (C=O) groups excluding carboxylic acids is 1. The van der Waals surface area contributed by atoms with Crippen LogP contribution < -0.4 is 5.32 Å². The molecule has 0 saturated carbocycles. The third kappa shape index (κ3) is 3.52. The van der Waals surface area contributed by atoms with Gasteiger partial charge >= 0.3 is 5.97 Å². The van der Waals surface area contributed by atoms with E-state index in [1.807, 2.05) is 42.5 Å². The molecule has 2 N–H and O–H groups in total. The van der Waals surface area contributed by atoms with Gasteiger partial charge in [0.15, 0.2) is 0 Å². The highest BCUT2D eigenvalue weighted by molar-refractivity contribution is 5.95. The third-order valence-corrected chi connectivity index (χ3v) is 3.48. The number of furan rings is 1. The van der Waals surface area contributed by atoms with Crippen molar-refractivity contribution >= 4 is 22.8 Å². The van der Waals surface area contributed by atoms with Crippen LogP contribution in [0.4, 0.5) is 0 Å². The van der Waals surface area contributed by atoms with Crippen molar-refractivity contribution < 1.29 is 19.1 Å². The topological polar surface area (TPSA) is 79.5 Å². The van der Waals surface area contributed by atoms with E-state index in [-0.39, 0.29) is 12.3 Å². The van der Waals surface area contributed by atoms with Crippen LogP contribution in [0.3, 0.4) is 0 Å². The summed E-state index contributed by atoms with van der Waals surface area (Å²) in [7, 11) is 0. The van der Waals surface area contributed by atoms with Gasteiger partial charge in [-0.15, -0.1) is 0 Å². The maximum Gasteiger partial charge on any atom is 0.307 e. The van der Waals surface area contributed by atoms with Gasteiger partial charge in [0.2, 0.25) is 0 Å². The number of carboxylic acid groups (broad SMARTS) is 1. The van der Waals surface area contributed by atoms with Crippen molar-refractivity contribution in [3.8, 4) is 11.3 Å². The molecule has 3 aromatic rings. The van der Waals surface area contributed by atoms with Crippen LogP contribution in [0.1, 0.15) is 16.8 Å². The molecular weight excluding hydrogens is 306 g/mol. The number of nitrogens with one attached hydrogen (secondary N) is 1. The van der Waals surface area contributed by atoms with Gasteiger partial charge in [0, 0.05) is 22.7 Å². The molecule has 0 atom stereocenters. The van der Waals surface area contributed by atoms with Crippen molar-refractivity contribution in [1.29, 1.82) is 0 Å². The van der Waals surface area contributed by atoms with E-state index >= 15 is 0 Å². The average Bonchev–Trinajstić information content (AvgIpc) is 3.02. The normalized spacial score (nSPS) is 11.0. The predicted molar refractivity (Wildman–Crippen MR) is 90.5 cm³/mol. The summed E-state index contributed by atoms with van der Waals surface area (Å²) in [5.74, 6) is -0.506. The van der Waals surface area contributed by atoms with Gasteiger partial charge in [-0.3, -0.25) is 9.59 Å². The smallest absolute Gasteiger partial charge is 0.307 e. The maximum atomic E-state index is 11.9. The Kier molecular flexibility index (Phi) is 4.43. The van der Waals surface area contributed by atoms with Gasteiger partial charge < -0.3 is 14.8 Å². The molecule has 5 heteroatoms. The van der Waals surface area contributed by atoms with E-state index in [9.17, 15) is 9.59 Å². The monoisotopic (exact) mass is 321 g/mol. The molecule has 1 amide bonds. The minimum atomic E-state index is -0.948. The minimum Gasteiger partial charge on any atom is -0.481 e. The Bertz CT molecular complexity index is 874. The number of hydrogen-bond acceptors (Lipinski definition) is 3. The molecule has 0 aliphatic rings. The summed E-state index contributed by atoms with van der Waals surface area (Å²) in [5.41, 5.74) is 2.18. The molecule has 120 valence electrons. The molecule has 0 unspecified atom stereocenters. The van der Waals surface area contributed by atoms with E-state index in [1.54, 1.807) is 12.1 Å². The number of para-hydroxylation sites is 1. The molecule has 0 fully saturated rings. The predicted octanol–water partition coefficient (Wildman–Crippen LogP) is 3.82. The fourth-order valence-electron chi connectivity index (χ4n) is 2.29. The van der Waals surface area contributed by atoms with Crippen LogP contribution in [-0.4, -0.2) is 17.0 Å². The van der Waals surface area contributed by atoms with Gasteiger partial charge in [0.05, 0.1) is 6.42 Å². The first-order valence-electron chi connectivity index (χ1n) is 7.40. The quantitative estimate of drug-likeness (QED) is 0.748. The Morgan fingerprint density at radius 1 is 1.08 bits per heavy atom. The van der Waals surface area contributed by atoms with Gasteiger partial charge in [-0.05, 0) is 24.3 Å². The van der Waals surface area contributed by atoms with E-state index in [4.69, 9.17) is 9.52 Å². The molecule has 0 aliphatic carbocycles. The summed E-state index contributed by atoms with van der Waals surface area (Å²) in [6.45, 7) is 0. The summed E-state index contributed by atoms with van der Waals surface area (Å²) in [4.78, 5) is 22.3. The molecule has 3 rings (SSSR count). The Balaban J connectivity index is 1.72. The summed E-state index contributed by atoms with van der Waals surface area (Å²) in [6, 6.07) is 16.7. The van der Waals surface area contributed by atoms with Gasteiger partial charge in [-0.2, -0.15) is 0 Å². The van der Waals surface area contributed by atoms with Crippen molar-refractivity contribution in [1.82, 2.24) is 5.32 Å². The van der Waals surface area contributed by atoms with Crippen LogP contribution >= 0.6 is 0 Å². The lowest BCUT2D eigenvalue weighted by Gasteiger charge is -2.01. The van der Waals surface area contributed by atoms with Crippen LogP contribution in [-0.2, 0) is 4.79 Å². The molecule has 0 radical (unpaired) electrons. The summed E-state index contributed by atoms with van der Waals surface area (Å²) in [5, 5.41) is 12.1.